The van der Waals surface area contributed by atoms with Gasteiger partial charge in [-0.15, -0.1) is 12.4 Å². The van der Waals surface area contributed by atoms with Crippen LogP contribution in [0.15, 0.2) is 30.3 Å². The first-order valence-electron chi connectivity index (χ1n) is 6.69. The molecule has 0 atom stereocenters. The van der Waals surface area contributed by atoms with Gasteiger partial charge in [0.25, 0.3) is 0 Å². The molecule has 2 rings (SSSR count). The Bertz CT molecular complexity index is 395. The van der Waals surface area contributed by atoms with E-state index >= 15 is 0 Å². The first-order valence-corrected chi connectivity index (χ1v) is 6.69. The fourth-order valence-corrected chi connectivity index (χ4v) is 2.21. The van der Waals surface area contributed by atoms with Gasteiger partial charge in [0.15, 0.2) is 0 Å². The van der Waals surface area contributed by atoms with Crippen LogP contribution in [0.5, 0.6) is 0 Å². The lowest BCUT2D eigenvalue weighted by molar-refractivity contribution is -0.131. The fourth-order valence-electron chi connectivity index (χ4n) is 2.21. The normalized spacial score (nSPS) is 15.6. The molecule has 0 saturated carbocycles. The molecule has 0 bridgehead atoms. The highest BCUT2D eigenvalue weighted by Crippen LogP contribution is 2.06. The number of rotatable bonds is 5. The third kappa shape index (κ3) is 5.00. The van der Waals surface area contributed by atoms with Crippen LogP contribution in [0.4, 0.5) is 5.69 Å². The predicted molar refractivity (Wildman–Crippen MR) is 82.3 cm³/mol. The van der Waals surface area contributed by atoms with Crippen LogP contribution >= 0.6 is 12.4 Å². The van der Waals surface area contributed by atoms with Crippen LogP contribution in [0, 0.1) is 0 Å². The molecule has 1 aliphatic heterocycles. The van der Waals surface area contributed by atoms with E-state index in [0.717, 1.165) is 31.9 Å². The van der Waals surface area contributed by atoms with Gasteiger partial charge in [0.1, 0.15) is 0 Å². The third-order valence-corrected chi connectivity index (χ3v) is 3.36. The molecule has 1 fully saturated rings. The minimum absolute atomic E-state index is 0. The van der Waals surface area contributed by atoms with E-state index in [2.05, 4.69) is 10.2 Å². The van der Waals surface area contributed by atoms with Crippen molar-refractivity contribution in [3.05, 3.63) is 30.3 Å². The highest BCUT2D eigenvalue weighted by molar-refractivity contribution is 5.85. The summed E-state index contributed by atoms with van der Waals surface area (Å²) in [5, 5.41) is 12.0. The number of piperazine rings is 1. The van der Waals surface area contributed by atoms with Crippen molar-refractivity contribution in [3.63, 3.8) is 0 Å². The number of nitrogens with zero attached hydrogens (tertiary/aromatic N) is 2. The predicted octanol–water partition coefficient (Wildman–Crippen LogP) is 0.657. The van der Waals surface area contributed by atoms with Gasteiger partial charge in [-0.3, -0.25) is 9.69 Å². The Hall–Kier alpha value is -1.30. The third-order valence-electron chi connectivity index (χ3n) is 3.36. The summed E-state index contributed by atoms with van der Waals surface area (Å²) in [6, 6.07) is 9.74. The summed E-state index contributed by atoms with van der Waals surface area (Å²) in [6.45, 7) is 4.40. The first kappa shape index (κ1) is 16.8. The molecule has 1 aromatic rings. The number of hydrogen-bond acceptors (Lipinski definition) is 4. The lowest BCUT2D eigenvalue weighted by Gasteiger charge is -2.34. The second kappa shape index (κ2) is 8.79. The lowest BCUT2D eigenvalue weighted by atomic mass is 10.3. The number of nitrogens with one attached hydrogen (secondary N) is 1. The Labute approximate surface area is 126 Å². The summed E-state index contributed by atoms with van der Waals surface area (Å²) in [5.74, 6) is 0.132. The molecule has 0 aromatic heterocycles. The average molecular weight is 300 g/mol. The molecule has 0 unspecified atom stereocenters. The smallest absolute Gasteiger partial charge is 0.241 e. The zero-order chi connectivity index (χ0) is 13.5. The number of anilines is 1. The van der Waals surface area contributed by atoms with Crippen molar-refractivity contribution in [2.75, 3.05) is 51.2 Å². The molecule has 112 valence electrons. The van der Waals surface area contributed by atoms with Crippen LogP contribution in [0.3, 0.4) is 0 Å². The molecule has 1 aliphatic rings. The van der Waals surface area contributed by atoms with Crippen molar-refractivity contribution in [1.82, 2.24) is 9.80 Å². The zero-order valence-corrected chi connectivity index (χ0v) is 12.3. The summed E-state index contributed by atoms with van der Waals surface area (Å²) in [6.07, 6.45) is 0. The number of carbonyl (C=O) groups is 1. The Kier molecular flexibility index (Phi) is 7.36. The molecule has 5 nitrogen and oxygen atoms in total. The lowest BCUT2D eigenvalue weighted by Crippen LogP contribution is -2.50. The van der Waals surface area contributed by atoms with Crippen molar-refractivity contribution in [2.24, 2.45) is 0 Å². The van der Waals surface area contributed by atoms with Crippen LogP contribution in [0.25, 0.3) is 0 Å². The molecular formula is C14H22ClN3O2. The molecule has 1 heterocycles. The van der Waals surface area contributed by atoms with E-state index in [0.29, 0.717) is 13.1 Å². The average Bonchev–Trinajstić information content (AvgIpc) is 2.47. The fraction of sp³-hybridized carbons (Fsp3) is 0.500. The number of aliphatic hydroxyl groups excluding tert-OH is 1. The Morgan fingerprint density at radius 2 is 1.80 bits per heavy atom. The summed E-state index contributed by atoms with van der Waals surface area (Å²) in [4.78, 5) is 16.1. The molecule has 1 amide bonds. The summed E-state index contributed by atoms with van der Waals surface area (Å²) in [7, 11) is 0. The van der Waals surface area contributed by atoms with Gasteiger partial charge in [-0.05, 0) is 12.1 Å². The van der Waals surface area contributed by atoms with Gasteiger partial charge in [0.05, 0.1) is 13.2 Å². The number of aliphatic hydroxyl groups is 1. The number of para-hydroxylation sites is 1. The highest BCUT2D eigenvalue weighted by atomic mass is 35.5. The van der Waals surface area contributed by atoms with Crippen LogP contribution in [-0.2, 0) is 4.79 Å². The van der Waals surface area contributed by atoms with Gasteiger partial charge < -0.3 is 15.3 Å². The standard InChI is InChI=1S/C14H21N3O2.ClH/c18-11-10-16-6-8-17(9-7-16)14(19)12-15-13-4-2-1-3-5-13;/h1-5,15,18H,6-12H2;1H. The van der Waals surface area contributed by atoms with Crippen molar-refractivity contribution >= 4 is 24.0 Å². The van der Waals surface area contributed by atoms with Gasteiger partial charge in [0, 0.05) is 38.4 Å². The summed E-state index contributed by atoms with van der Waals surface area (Å²) >= 11 is 0. The van der Waals surface area contributed by atoms with Gasteiger partial charge in [-0.25, -0.2) is 0 Å². The number of carbonyl (C=O) groups excluding carboxylic acids is 1. The second-order valence-electron chi connectivity index (χ2n) is 4.67. The quantitative estimate of drug-likeness (QED) is 0.838. The maximum atomic E-state index is 12.0. The Morgan fingerprint density at radius 3 is 2.40 bits per heavy atom. The number of benzene rings is 1. The molecule has 2 N–H and O–H groups in total. The monoisotopic (exact) mass is 299 g/mol. The van der Waals surface area contributed by atoms with Gasteiger partial charge in [-0.2, -0.15) is 0 Å². The maximum Gasteiger partial charge on any atom is 0.241 e. The van der Waals surface area contributed by atoms with E-state index in [4.69, 9.17) is 5.11 Å². The number of hydrogen-bond donors (Lipinski definition) is 2. The molecule has 1 saturated heterocycles. The van der Waals surface area contributed by atoms with E-state index in [9.17, 15) is 4.79 Å². The van der Waals surface area contributed by atoms with Crippen molar-refractivity contribution in [1.29, 1.82) is 0 Å². The molecule has 20 heavy (non-hydrogen) atoms. The Morgan fingerprint density at radius 1 is 1.15 bits per heavy atom. The van der Waals surface area contributed by atoms with Gasteiger partial charge in [-0.1, -0.05) is 18.2 Å². The number of amides is 1. The van der Waals surface area contributed by atoms with Gasteiger partial charge in [0.2, 0.25) is 5.91 Å². The molecular weight excluding hydrogens is 278 g/mol. The minimum atomic E-state index is 0. The van der Waals surface area contributed by atoms with Gasteiger partial charge >= 0.3 is 0 Å². The van der Waals surface area contributed by atoms with E-state index < -0.39 is 0 Å². The van der Waals surface area contributed by atoms with E-state index in [1.807, 2.05) is 35.2 Å². The van der Waals surface area contributed by atoms with Crippen molar-refractivity contribution in [2.45, 2.75) is 0 Å². The van der Waals surface area contributed by atoms with Crippen LogP contribution in [-0.4, -0.2) is 66.7 Å². The summed E-state index contributed by atoms with van der Waals surface area (Å²) in [5.41, 5.74) is 0.967. The molecule has 6 heteroatoms. The Balaban J connectivity index is 0.00000200. The highest BCUT2D eigenvalue weighted by Gasteiger charge is 2.20. The molecule has 0 aliphatic carbocycles. The number of β-amino-alcohol motifs (C(OH)–C–C–N with tert-alkyl or cyclic N) is 1. The van der Waals surface area contributed by atoms with E-state index in [1.54, 1.807) is 0 Å². The van der Waals surface area contributed by atoms with Crippen LogP contribution in [0.2, 0.25) is 0 Å². The van der Waals surface area contributed by atoms with E-state index in [-0.39, 0.29) is 24.9 Å². The largest absolute Gasteiger partial charge is 0.395 e. The first-order chi connectivity index (χ1) is 9.29. The molecule has 0 spiro atoms. The SMILES string of the molecule is Cl.O=C(CNc1ccccc1)N1CCN(CCO)CC1. The maximum absolute atomic E-state index is 12.0. The number of halogens is 1. The summed E-state index contributed by atoms with van der Waals surface area (Å²) < 4.78 is 0. The second-order valence-corrected chi connectivity index (χ2v) is 4.67. The molecule has 0 radical (unpaired) electrons. The minimum Gasteiger partial charge on any atom is -0.395 e. The van der Waals surface area contributed by atoms with Crippen LogP contribution in [0.1, 0.15) is 0 Å². The molecule has 1 aromatic carbocycles. The topological polar surface area (TPSA) is 55.8 Å². The van der Waals surface area contributed by atoms with Crippen molar-refractivity contribution in [3.8, 4) is 0 Å². The van der Waals surface area contributed by atoms with Crippen LogP contribution < -0.4 is 5.32 Å². The van der Waals surface area contributed by atoms with E-state index in [1.165, 1.54) is 0 Å². The zero-order valence-electron chi connectivity index (χ0n) is 11.5. The van der Waals surface area contributed by atoms with Crippen molar-refractivity contribution < 1.29 is 9.90 Å².